The van der Waals surface area contributed by atoms with E-state index in [1.165, 1.54) is 11.3 Å². The van der Waals surface area contributed by atoms with E-state index in [9.17, 15) is 0 Å². The minimum atomic E-state index is 0.285. The highest BCUT2D eigenvalue weighted by Gasteiger charge is 2.15. The Bertz CT molecular complexity index is 604. The van der Waals surface area contributed by atoms with Crippen molar-refractivity contribution in [3.8, 4) is 0 Å². The molecule has 1 unspecified atom stereocenters. The molecule has 3 nitrogen and oxygen atoms in total. The molecule has 0 aliphatic heterocycles. The highest BCUT2D eigenvalue weighted by atomic mass is 35.5. The molecule has 21 heavy (non-hydrogen) atoms. The minimum absolute atomic E-state index is 0.285. The molecule has 114 valence electrons. The molecule has 0 saturated heterocycles. The van der Waals surface area contributed by atoms with Gasteiger partial charge in [0.2, 0.25) is 0 Å². The van der Waals surface area contributed by atoms with Gasteiger partial charge in [-0.2, -0.15) is 5.10 Å². The molecule has 0 saturated carbocycles. The maximum atomic E-state index is 6.14. The number of hydrogen-bond acceptors (Lipinski definition) is 2. The molecule has 0 bridgehead atoms. The van der Waals surface area contributed by atoms with E-state index in [1.54, 1.807) is 0 Å². The fourth-order valence-electron chi connectivity index (χ4n) is 2.69. The van der Waals surface area contributed by atoms with E-state index in [0.717, 1.165) is 35.8 Å². The van der Waals surface area contributed by atoms with Crippen LogP contribution >= 0.6 is 11.6 Å². The van der Waals surface area contributed by atoms with Crippen molar-refractivity contribution in [2.45, 2.75) is 46.7 Å². The van der Waals surface area contributed by atoms with Crippen LogP contribution in [0.25, 0.3) is 0 Å². The van der Waals surface area contributed by atoms with Crippen molar-refractivity contribution < 1.29 is 0 Å². The van der Waals surface area contributed by atoms with E-state index >= 15 is 0 Å². The van der Waals surface area contributed by atoms with Crippen LogP contribution in [0.4, 0.5) is 0 Å². The number of halogens is 1. The molecule has 1 heterocycles. The fraction of sp³-hybridized carbons (Fsp3) is 0.471. The normalized spacial score (nSPS) is 12.6. The molecular formula is C17H24ClN3. The van der Waals surface area contributed by atoms with Gasteiger partial charge in [-0.25, -0.2) is 0 Å². The van der Waals surface area contributed by atoms with Crippen LogP contribution in [0.15, 0.2) is 24.3 Å². The molecule has 1 aromatic carbocycles. The summed E-state index contributed by atoms with van der Waals surface area (Å²) in [5.41, 5.74) is 4.75. The first-order chi connectivity index (χ1) is 10.0. The smallest absolute Gasteiger partial charge is 0.0596 e. The second kappa shape index (κ2) is 7.10. The quantitative estimate of drug-likeness (QED) is 0.872. The summed E-state index contributed by atoms with van der Waals surface area (Å²) in [6.07, 6.45) is 0.934. The number of aromatic nitrogens is 2. The molecule has 2 aromatic rings. The first kappa shape index (κ1) is 16.1. The molecular weight excluding hydrogens is 282 g/mol. The Kier molecular flexibility index (Phi) is 5.43. The van der Waals surface area contributed by atoms with Crippen molar-refractivity contribution in [3.05, 3.63) is 51.8 Å². The molecule has 1 aromatic heterocycles. The maximum Gasteiger partial charge on any atom is 0.0596 e. The van der Waals surface area contributed by atoms with Crippen LogP contribution < -0.4 is 5.32 Å². The van der Waals surface area contributed by atoms with Crippen molar-refractivity contribution in [1.82, 2.24) is 15.1 Å². The van der Waals surface area contributed by atoms with E-state index in [1.807, 2.05) is 13.0 Å². The standard InChI is InChI=1S/C17H24ClN3/c1-5-19-17(14-7-8-16(18)12(3)9-14)11-15-10-13(4)20-21(15)6-2/h7-10,17,19H,5-6,11H2,1-4H3. The predicted molar refractivity (Wildman–Crippen MR) is 88.9 cm³/mol. The fourth-order valence-corrected chi connectivity index (χ4v) is 2.80. The van der Waals surface area contributed by atoms with E-state index in [0.29, 0.717) is 0 Å². The highest BCUT2D eigenvalue weighted by Crippen LogP contribution is 2.24. The molecule has 0 amide bonds. The van der Waals surface area contributed by atoms with Gasteiger partial charge in [-0.3, -0.25) is 4.68 Å². The molecule has 1 atom stereocenters. The largest absolute Gasteiger partial charge is 0.310 e. The molecule has 4 heteroatoms. The van der Waals surface area contributed by atoms with E-state index in [-0.39, 0.29) is 6.04 Å². The number of aryl methyl sites for hydroxylation is 3. The minimum Gasteiger partial charge on any atom is -0.310 e. The second-order valence-electron chi connectivity index (χ2n) is 5.42. The van der Waals surface area contributed by atoms with Crippen LogP contribution in [0, 0.1) is 13.8 Å². The topological polar surface area (TPSA) is 29.9 Å². The van der Waals surface area contributed by atoms with Gasteiger partial charge in [-0.15, -0.1) is 0 Å². The van der Waals surface area contributed by atoms with Gasteiger partial charge < -0.3 is 5.32 Å². The zero-order valence-corrected chi connectivity index (χ0v) is 14.0. The predicted octanol–water partition coefficient (Wildman–Crippen LogP) is 4.07. The van der Waals surface area contributed by atoms with Gasteiger partial charge in [0.25, 0.3) is 0 Å². The van der Waals surface area contributed by atoms with Gasteiger partial charge >= 0.3 is 0 Å². The number of hydrogen-bond donors (Lipinski definition) is 1. The Morgan fingerprint density at radius 1 is 1.24 bits per heavy atom. The number of rotatable bonds is 6. The van der Waals surface area contributed by atoms with Crippen LogP contribution in [-0.2, 0) is 13.0 Å². The Labute approximate surface area is 132 Å². The molecule has 0 spiro atoms. The third-order valence-corrected chi connectivity index (χ3v) is 4.16. The maximum absolute atomic E-state index is 6.14. The second-order valence-corrected chi connectivity index (χ2v) is 5.82. The summed E-state index contributed by atoms with van der Waals surface area (Å²) >= 11 is 6.14. The third-order valence-electron chi connectivity index (χ3n) is 3.73. The van der Waals surface area contributed by atoms with Gasteiger partial charge in [-0.1, -0.05) is 30.7 Å². The van der Waals surface area contributed by atoms with Crippen molar-refractivity contribution in [2.75, 3.05) is 6.54 Å². The van der Waals surface area contributed by atoms with Gasteiger partial charge in [0, 0.05) is 29.7 Å². The summed E-state index contributed by atoms with van der Waals surface area (Å²) in [6.45, 7) is 10.2. The lowest BCUT2D eigenvalue weighted by atomic mass is 10.00. The zero-order chi connectivity index (χ0) is 15.4. The van der Waals surface area contributed by atoms with Crippen LogP contribution in [0.2, 0.25) is 5.02 Å². The Morgan fingerprint density at radius 2 is 2.00 bits per heavy atom. The van der Waals surface area contributed by atoms with Crippen molar-refractivity contribution in [1.29, 1.82) is 0 Å². The average molecular weight is 306 g/mol. The number of likely N-dealkylation sites (N-methyl/N-ethyl adjacent to an activating group) is 1. The monoisotopic (exact) mass is 305 g/mol. The first-order valence-electron chi connectivity index (χ1n) is 7.57. The molecule has 0 aliphatic carbocycles. The summed E-state index contributed by atoms with van der Waals surface area (Å²) in [6, 6.07) is 8.74. The third kappa shape index (κ3) is 3.86. The lowest BCUT2D eigenvalue weighted by molar-refractivity contribution is 0.516. The van der Waals surface area contributed by atoms with Gasteiger partial charge in [-0.05, 0) is 50.6 Å². The first-order valence-corrected chi connectivity index (χ1v) is 7.95. The van der Waals surface area contributed by atoms with Gasteiger partial charge in [0.05, 0.1) is 5.69 Å². The summed E-state index contributed by atoms with van der Waals surface area (Å²) in [5.74, 6) is 0. The summed E-state index contributed by atoms with van der Waals surface area (Å²) in [4.78, 5) is 0. The summed E-state index contributed by atoms with van der Waals surface area (Å²) < 4.78 is 2.09. The van der Waals surface area contributed by atoms with Crippen molar-refractivity contribution in [3.63, 3.8) is 0 Å². The van der Waals surface area contributed by atoms with Gasteiger partial charge in [0.15, 0.2) is 0 Å². The van der Waals surface area contributed by atoms with Crippen LogP contribution in [0.1, 0.15) is 42.4 Å². The number of nitrogens with one attached hydrogen (secondary N) is 1. The van der Waals surface area contributed by atoms with Gasteiger partial charge in [0.1, 0.15) is 0 Å². The summed E-state index contributed by atoms with van der Waals surface area (Å²) in [5, 5.41) is 8.93. The molecule has 0 fully saturated rings. The average Bonchev–Trinajstić information content (AvgIpc) is 2.81. The lowest BCUT2D eigenvalue weighted by Crippen LogP contribution is -2.24. The highest BCUT2D eigenvalue weighted by molar-refractivity contribution is 6.31. The van der Waals surface area contributed by atoms with Crippen LogP contribution in [0.5, 0.6) is 0 Å². The Balaban J connectivity index is 2.27. The van der Waals surface area contributed by atoms with E-state index < -0.39 is 0 Å². The molecule has 1 N–H and O–H groups in total. The molecule has 0 radical (unpaired) electrons. The van der Waals surface area contributed by atoms with E-state index in [2.05, 4.69) is 54.1 Å². The molecule has 0 aliphatic rings. The molecule has 2 rings (SSSR count). The zero-order valence-electron chi connectivity index (χ0n) is 13.3. The van der Waals surface area contributed by atoms with Crippen LogP contribution in [0.3, 0.4) is 0 Å². The lowest BCUT2D eigenvalue weighted by Gasteiger charge is -2.19. The number of nitrogens with zero attached hydrogens (tertiary/aromatic N) is 2. The van der Waals surface area contributed by atoms with Crippen molar-refractivity contribution >= 4 is 11.6 Å². The number of benzene rings is 1. The Hall–Kier alpha value is -1.32. The van der Waals surface area contributed by atoms with Crippen LogP contribution in [-0.4, -0.2) is 16.3 Å². The SMILES string of the molecule is CCNC(Cc1cc(C)nn1CC)c1ccc(Cl)c(C)c1. The van der Waals surface area contributed by atoms with Crippen molar-refractivity contribution in [2.24, 2.45) is 0 Å². The van der Waals surface area contributed by atoms with E-state index in [4.69, 9.17) is 11.6 Å². The Morgan fingerprint density at radius 3 is 2.62 bits per heavy atom. The summed E-state index contributed by atoms with van der Waals surface area (Å²) in [7, 11) is 0.